The maximum Gasteiger partial charge on any atom is 0.223 e. The summed E-state index contributed by atoms with van der Waals surface area (Å²) in [6.07, 6.45) is 2.34. The number of amides is 1. The van der Waals surface area contributed by atoms with Crippen molar-refractivity contribution < 1.29 is 4.79 Å². The first-order valence-corrected chi connectivity index (χ1v) is 7.60. The number of halogens is 1. The van der Waals surface area contributed by atoms with Gasteiger partial charge in [0, 0.05) is 28.4 Å². The van der Waals surface area contributed by atoms with Gasteiger partial charge in [0.25, 0.3) is 0 Å². The van der Waals surface area contributed by atoms with Gasteiger partial charge in [-0.15, -0.1) is 11.3 Å². The molecule has 2 unspecified atom stereocenters. The molecule has 5 heteroatoms. The van der Waals surface area contributed by atoms with Gasteiger partial charge in [0.1, 0.15) is 0 Å². The van der Waals surface area contributed by atoms with Crippen LogP contribution in [0.2, 0.25) is 0 Å². The third-order valence-corrected chi connectivity index (χ3v) is 5.07. The van der Waals surface area contributed by atoms with Crippen LogP contribution in [-0.4, -0.2) is 23.4 Å². The van der Waals surface area contributed by atoms with Crippen molar-refractivity contribution in [2.45, 2.75) is 38.3 Å². The van der Waals surface area contributed by atoms with Gasteiger partial charge < -0.3 is 10.6 Å². The van der Waals surface area contributed by atoms with Crippen LogP contribution in [0.5, 0.6) is 0 Å². The van der Waals surface area contributed by atoms with E-state index in [1.165, 1.54) is 4.88 Å². The first kappa shape index (κ1) is 13.1. The normalized spacial score (nSPS) is 25.4. The third kappa shape index (κ3) is 2.56. The summed E-state index contributed by atoms with van der Waals surface area (Å²) in [5, 5.41) is 2.04. The molecule has 0 aliphatic carbocycles. The first-order valence-electron chi connectivity index (χ1n) is 5.93. The Morgan fingerprint density at radius 1 is 1.65 bits per heavy atom. The number of likely N-dealkylation sites (tertiary alicyclic amines) is 1. The highest BCUT2D eigenvalue weighted by atomic mass is 79.9. The monoisotopic (exact) mass is 316 g/mol. The maximum absolute atomic E-state index is 12.0. The molecule has 2 atom stereocenters. The summed E-state index contributed by atoms with van der Waals surface area (Å²) in [6, 6.07) is 2.12. The molecule has 17 heavy (non-hydrogen) atoms. The van der Waals surface area contributed by atoms with Gasteiger partial charge in [-0.25, -0.2) is 0 Å². The minimum atomic E-state index is 0.0468. The van der Waals surface area contributed by atoms with E-state index < -0.39 is 0 Å². The second kappa shape index (κ2) is 5.50. The van der Waals surface area contributed by atoms with Gasteiger partial charge in [-0.3, -0.25) is 4.79 Å². The molecule has 1 aliphatic heterocycles. The van der Waals surface area contributed by atoms with Crippen LogP contribution >= 0.6 is 27.3 Å². The molecule has 1 aromatic heterocycles. The largest absolute Gasteiger partial charge is 0.333 e. The average Bonchev–Trinajstić information content (AvgIpc) is 2.71. The van der Waals surface area contributed by atoms with Gasteiger partial charge in [0.05, 0.1) is 6.04 Å². The van der Waals surface area contributed by atoms with E-state index in [9.17, 15) is 4.79 Å². The van der Waals surface area contributed by atoms with Gasteiger partial charge in [0.15, 0.2) is 0 Å². The SMILES string of the molecule is CCCN1C(=O)CCC(N)C1c1sccc1Br. The Balaban J connectivity index is 2.32. The summed E-state index contributed by atoms with van der Waals surface area (Å²) in [6.45, 7) is 2.88. The molecule has 0 saturated carbocycles. The molecule has 0 aromatic carbocycles. The highest BCUT2D eigenvalue weighted by Crippen LogP contribution is 2.38. The lowest BCUT2D eigenvalue weighted by Crippen LogP contribution is -2.48. The van der Waals surface area contributed by atoms with Crippen LogP contribution < -0.4 is 5.73 Å². The lowest BCUT2D eigenvalue weighted by atomic mass is 9.95. The predicted octanol–water partition coefficient (Wildman–Crippen LogP) is 2.91. The Labute approximate surface area is 114 Å². The van der Waals surface area contributed by atoms with Crippen LogP contribution in [0, 0.1) is 0 Å². The molecule has 1 aliphatic rings. The zero-order valence-corrected chi connectivity index (χ0v) is 12.3. The quantitative estimate of drug-likeness (QED) is 0.932. The van der Waals surface area contributed by atoms with Crippen LogP contribution in [-0.2, 0) is 4.79 Å². The van der Waals surface area contributed by atoms with E-state index in [0.29, 0.717) is 6.42 Å². The Kier molecular flexibility index (Phi) is 4.22. The summed E-state index contributed by atoms with van der Waals surface area (Å²) in [4.78, 5) is 15.1. The van der Waals surface area contributed by atoms with Crippen LogP contribution in [0.15, 0.2) is 15.9 Å². The summed E-state index contributed by atoms with van der Waals surface area (Å²) < 4.78 is 1.07. The minimum Gasteiger partial charge on any atom is -0.333 e. The van der Waals surface area contributed by atoms with Crippen molar-refractivity contribution in [3.05, 3.63) is 20.8 Å². The van der Waals surface area contributed by atoms with Crippen LogP contribution in [0.1, 0.15) is 37.1 Å². The number of hydrogen-bond donors (Lipinski definition) is 1. The summed E-state index contributed by atoms with van der Waals surface area (Å²) in [7, 11) is 0. The molecule has 0 bridgehead atoms. The molecule has 2 rings (SSSR count). The van der Waals surface area contributed by atoms with Crippen molar-refractivity contribution in [2.75, 3.05) is 6.54 Å². The number of nitrogens with two attached hydrogens (primary N) is 1. The highest BCUT2D eigenvalue weighted by molar-refractivity contribution is 9.10. The molecule has 94 valence electrons. The zero-order chi connectivity index (χ0) is 12.4. The molecule has 1 fully saturated rings. The summed E-state index contributed by atoms with van der Waals surface area (Å²) in [5.41, 5.74) is 6.21. The number of carbonyl (C=O) groups excluding carboxylic acids is 1. The molecule has 0 radical (unpaired) electrons. The molecule has 0 spiro atoms. The lowest BCUT2D eigenvalue weighted by Gasteiger charge is -2.39. The molecule has 1 aromatic rings. The van der Waals surface area contributed by atoms with Crippen LogP contribution in [0.4, 0.5) is 0 Å². The second-order valence-electron chi connectivity index (χ2n) is 4.37. The molecule has 2 N–H and O–H groups in total. The fourth-order valence-corrected chi connectivity index (χ4v) is 4.13. The van der Waals surface area contributed by atoms with E-state index in [1.54, 1.807) is 11.3 Å². The smallest absolute Gasteiger partial charge is 0.223 e. The van der Waals surface area contributed by atoms with E-state index in [4.69, 9.17) is 5.73 Å². The number of thiophene rings is 1. The molecule has 3 nitrogen and oxygen atoms in total. The van der Waals surface area contributed by atoms with E-state index >= 15 is 0 Å². The van der Waals surface area contributed by atoms with Crippen LogP contribution in [0.3, 0.4) is 0 Å². The van der Waals surface area contributed by atoms with Crippen molar-refractivity contribution in [3.8, 4) is 0 Å². The number of hydrogen-bond acceptors (Lipinski definition) is 3. The van der Waals surface area contributed by atoms with Crippen LogP contribution in [0.25, 0.3) is 0 Å². The molecular weight excluding hydrogens is 300 g/mol. The lowest BCUT2D eigenvalue weighted by molar-refractivity contribution is -0.137. The number of carbonyl (C=O) groups is 1. The topological polar surface area (TPSA) is 46.3 Å². The molecule has 1 amide bonds. The van der Waals surface area contributed by atoms with E-state index in [0.717, 1.165) is 23.9 Å². The summed E-state index contributed by atoms with van der Waals surface area (Å²) in [5.74, 6) is 0.235. The summed E-state index contributed by atoms with van der Waals surface area (Å²) >= 11 is 5.22. The second-order valence-corrected chi connectivity index (χ2v) is 6.17. The molecule has 1 saturated heterocycles. The van der Waals surface area contributed by atoms with E-state index in [-0.39, 0.29) is 18.0 Å². The van der Waals surface area contributed by atoms with Gasteiger partial charge >= 0.3 is 0 Å². The zero-order valence-electron chi connectivity index (χ0n) is 9.86. The Bertz CT molecular complexity index is 407. The third-order valence-electron chi connectivity index (χ3n) is 3.13. The Hall–Kier alpha value is -0.390. The number of piperidine rings is 1. The molecular formula is C12H17BrN2OS. The minimum absolute atomic E-state index is 0.0468. The van der Waals surface area contributed by atoms with Gasteiger partial charge in [-0.1, -0.05) is 6.92 Å². The average molecular weight is 317 g/mol. The Morgan fingerprint density at radius 3 is 3.00 bits per heavy atom. The number of nitrogens with zero attached hydrogens (tertiary/aromatic N) is 1. The highest BCUT2D eigenvalue weighted by Gasteiger charge is 2.35. The maximum atomic E-state index is 12.0. The van der Waals surface area contributed by atoms with Gasteiger partial charge in [0.2, 0.25) is 5.91 Å². The van der Waals surface area contributed by atoms with Crippen molar-refractivity contribution in [1.29, 1.82) is 0 Å². The van der Waals surface area contributed by atoms with E-state index in [1.807, 2.05) is 16.3 Å². The van der Waals surface area contributed by atoms with Crippen molar-refractivity contribution in [3.63, 3.8) is 0 Å². The van der Waals surface area contributed by atoms with Crippen molar-refractivity contribution >= 4 is 33.2 Å². The van der Waals surface area contributed by atoms with Crippen molar-refractivity contribution in [2.24, 2.45) is 5.73 Å². The van der Waals surface area contributed by atoms with Gasteiger partial charge in [-0.05, 0) is 40.2 Å². The number of rotatable bonds is 3. The Morgan fingerprint density at radius 2 is 2.41 bits per heavy atom. The fourth-order valence-electron chi connectivity index (χ4n) is 2.34. The van der Waals surface area contributed by atoms with E-state index in [2.05, 4.69) is 22.9 Å². The molecule has 2 heterocycles. The predicted molar refractivity (Wildman–Crippen MR) is 74.0 cm³/mol. The van der Waals surface area contributed by atoms with Crippen molar-refractivity contribution in [1.82, 2.24) is 4.90 Å². The fraction of sp³-hybridized carbons (Fsp3) is 0.583. The standard InChI is InChI=1S/C12H17BrN2OS/c1-2-6-15-10(16)4-3-9(14)11(15)12-8(13)5-7-17-12/h5,7,9,11H,2-4,6,14H2,1H3. The first-order chi connectivity index (χ1) is 8.15. The van der Waals surface area contributed by atoms with Gasteiger partial charge in [-0.2, -0.15) is 0 Å².